The molecule has 0 saturated carbocycles. The van der Waals surface area contributed by atoms with E-state index in [1.807, 2.05) is 54.6 Å². The van der Waals surface area contributed by atoms with Crippen LogP contribution in [0, 0.1) is 0 Å². The molecule has 30 heavy (non-hydrogen) atoms. The number of anilines is 1. The number of aromatic carboxylic acids is 1. The molecule has 1 aromatic heterocycles. The summed E-state index contributed by atoms with van der Waals surface area (Å²) in [4.78, 5) is 27.9. The van der Waals surface area contributed by atoms with Crippen molar-refractivity contribution in [1.82, 2.24) is 4.98 Å². The smallest absolute Gasteiger partial charge is 0.335 e. The number of carbonyl (C=O) groups excluding carboxylic acids is 1. The molecule has 1 atom stereocenters. The van der Waals surface area contributed by atoms with E-state index in [1.165, 1.54) is 12.1 Å². The molecular weight excluding hydrogens is 380 g/mol. The Morgan fingerprint density at radius 1 is 1.00 bits per heavy atom. The number of benzene rings is 3. The normalized spacial score (nSPS) is 11.8. The van der Waals surface area contributed by atoms with Gasteiger partial charge < -0.3 is 20.1 Å². The first-order valence-electron chi connectivity index (χ1n) is 9.41. The maximum atomic E-state index is 13.6. The third kappa shape index (κ3) is 3.63. The van der Waals surface area contributed by atoms with E-state index in [2.05, 4.69) is 10.3 Å². The summed E-state index contributed by atoms with van der Waals surface area (Å²) in [6.07, 6.45) is 1.62. The van der Waals surface area contributed by atoms with E-state index >= 15 is 0 Å². The van der Waals surface area contributed by atoms with E-state index in [1.54, 1.807) is 19.4 Å². The number of fused-ring (bicyclic) bond motifs is 1. The highest BCUT2D eigenvalue weighted by atomic mass is 16.5. The molecule has 0 fully saturated rings. The lowest BCUT2D eigenvalue weighted by Gasteiger charge is -2.20. The van der Waals surface area contributed by atoms with Crippen LogP contribution in [0.4, 0.5) is 5.69 Å². The molecule has 0 radical (unpaired) electrons. The number of ether oxygens (including phenoxy) is 1. The average molecular weight is 400 g/mol. The van der Waals surface area contributed by atoms with E-state index in [9.17, 15) is 14.7 Å². The monoisotopic (exact) mass is 400 g/mol. The minimum absolute atomic E-state index is 0.138. The van der Waals surface area contributed by atoms with Crippen LogP contribution in [0.25, 0.3) is 10.9 Å². The highest BCUT2D eigenvalue weighted by Gasteiger charge is 2.25. The van der Waals surface area contributed by atoms with Crippen LogP contribution in [-0.2, 0) is 0 Å². The summed E-state index contributed by atoms with van der Waals surface area (Å²) in [7, 11) is 1.58. The van der Waals surface area contributed by atoms with Crippen molar-refractivity contribution in [3.63, 3.8) is 0 Å². The molecule has 4 aromatic rings. The molecule has 0 amide bonds. The summed E-state index contributed by atoms with van der Waals surface area (Å²) in [6.45, 7) is 0. The fourth-order valence-corrected chi connectivity index (χ4v) is 3.48. The van der Waals surface area contributed by atoms with Gasteiger partial charge in [-0.25, -0.2) is 4.79 Å². The zero-order valence-electron chi connectivity index (χ0n) is 16.3. The van der Waals surface area contributed by atoms with Gasteiger partial charge in [0.2, 0.25) is 0 Å². The first kappa shape index (κ1) is 19.3. The van der Waals surface area contributed by atoms with Crippen LogP contribution in [0.2, 0.25) is 0 Å². The maximum absolute atomic E-state index is 13.6. The standard InChI is InChI=1S/C24H20N2O4/c1-30-21-10-6-5-9-19(21)26-22(15-7-3-2-4-8-15)23(27)18-14-25-20-13-16(24(28)29)11-12-17(18)20/h2-14,22,25-26H,1H3,(H,28,29). The molecule has 4 rings (SSSR count). The number of aromatic nitrogens is 1. The van der Waals surface area contributed by atoms with E-state index in [-0.39, 0.29) is 11.3 Å². The third-order valence-electron chi connectivity index (χ3n) is 5.00. The van der Waals surface area contributed by atoms with Gasteiger partial charge in [0.05, 0.1) is 18.4 Å². The number of H-pyrrole nitrogens is 1. The first-order chi connectivity index (χ1) is 14.6. The molecule has 0 spiro atoms. The van der Waals surface area contributed by atoms with Gasteiger partial charge in [0.25, 0.3) is 0 Å². The molecule has 0 aliphatic rings. The quantitative estimate of drug-likeness (QED) is 0.383. The number of ketones is 1. The number of methoxy groups -OCH3 is 1. The summed E-state index contributed by atoms with van der Waals surface area (Å²) < 4.78 is 5.42. The number of hydrogen-bond acceptors (Lipinski definition) is 4. The summed E-state index contributed by atoms with van der Waals surface area (Å²) in [6, 6.07) is 20.9. The molecule has 150 valence electrons. The van der Waals surface area contributed by atoms with E-state index < -0.39 is 12.0 Å². The van der Waals surface area contributed by atoms with Gasteiger partial charge in [0, 0.05) is 22.7 Å². The number of carboxylic acid groups (broad SMARTS) is 1. The zero-order chi connectivity index (χ0) is 21.1. The van der Waals surface area contributed by atoms with Crippen molar-refractivity contribution in [1.29, 1.82) is 0 Å². The fourth-order valence-electron chi connectivity index (χ4n) is 3.48. The zero-order valence-corrected chi connectivity index (χ0v) is 16.3. The minimum Gasteiger partial charge on any atom is -0.495 e. The third-order valence-corrected chi connectivity index (χ3v) is 5.00. The molecule has 3 N–H and O–H groups in total. The number of carboxylic acids is 1. The highest BCUT2D eigenvalue weighted by molar-refractivity contribution is 6.12. The molecule has 1 heterocycles. The van der Waals surface area contributed by atoms with Gasteiger partial charge in [-0.15, -0.1) is 0 Å². The highest BCUT2D eigenvalue weighted by Crippen LogP contribution is 2.31. The molecule has 3 aromatic carbocycles. The van der Waals surface area contributed by atoms with E-state index in [4.69, 9.17) is 4.74 Å². The summed E-state index contributed by atoms with van der Waals surface area (Å²) in [5, 5.41) is 13.2. The van der Waals surface area contributed by atoms with Crippen LogP contribution < -0.4 is 10.1 Å². The topological polar surface area (TPSA) is 91.4 Å². The van der Waals surface area contributed by atoms with Crippen LogP contribution in [0.1, 0.15) is 32.3 Å². The Kier molecular flexibility index (Phi) is 5.22. The summed E-state index contributed by atoms with van der Waals surface area (Å²) in [5.74, 6) is -0.517. The number of para-hydroxylation sites is 2. The Hall–Kier alpha value is -4.06. The Morgan fingerprint density at radius 2 is 1.73 bits per heavy atom. The van der Waals surface area contributed by atoms with Gasteiger partial charge >= 0.3 is 5.97 Å². The number of rotatable bonds is 7. The van der Waals surface area contributed by atoms with Gasteiger partial charge in [0.15, 0.2) is 5.78 Å². The van der Waals surface area contributed by atoms with Crippen molar-refractivity contribution in [3.05, 3.63) is 95.7 Å². The lowest BCUT2D eigenvalue weighted by Crippen LogP contribution is -2.21. The predicted octanol–water partition coefficient (Wildman–Crippen LogP) is 4.91. The Balaban J connectivity index is 1.77. The van der Waals surface area contributed by atoms with Crippen LogP contribution >= 0.6 is 0 Å². The van der Waals surface area contributed by atoms with E-state index in [0.717, 1.165) is 5.56 Å². The molecule has 1 unspecified atom stereocenters. The number of Topliss-reactive ketones (excluding diaryl/α,β-unsaturated/α-hetero) is 1. The molecule has 0 aliphatic heterocycles. The molecule has 0 bridgehead atoms. The average Bonchev–Trinajstić information content (AvgIpc) is 3.21. The van der Waals surface area contributed by atoms with Crippen LogP contribution in [0.15, 0.2) is 79.0 Å². The van der Waals surface area contributed by atoms with Crippen molar-refractivity contribution >= 4 is 28.3 Å². The molecule has 6 nitrogen and oxygen atoms in total. The van der Waals surface area contributed by atoms with Gasteiger partial charge in [-0.1, -0.05) is 48.5 Å². The van der Waals surface area contributed by atoms with Gasteiger partial charge in [-0.2, -0.15) is 0 Å². The SMILES string of the molecule is COc1ccccc1NC(C(=O)c1c[nH]c2cc(C(=O)O)ccc12)c1ccccc1. The number of aromatic amines is 1. The maximum Gasteiger partial charge on any atom is 0.335 e. The number of carbonyl (C=O) groups is 2. The second-order valence-electron chi connectivity index (χ2n) is 6.82. The van der Waals surface area contributed by atoms with Gasteiger partial charge in [-0.3, -0.25) is 4.79 Å². The minimum atomic E-state index is -1.01. The van der Waals surface area contributed by atoms with Crippen molar-refractivity contribution in [3.8, 4) is 5.75 Å². The summed E-state index contributed by atoms with van der Waals surface area (Å²) >= 11 is 0. The molecule has 0 aliphatic carbocycles. The van der Waals surface area contributed by atoms with Crippen molar-refractivity contribution in [2.45, 2.75) is 6.04 Å². The number of nitrogens with one attached hydrogen (secondary N) is 2. The lowest BCUT2D eigenvalue weighted by molar-refractivity contribution is 0.0696. The molecule has 0 saturated heterocycles. The van der Waals surface area contributed by atoms with Gasteiger partial charge in [0.1, 0.15) is 11.8 Å². The van der Waals surface area contributed by atoms with Crippen LogP contribution in [-0.4, -0.2) is 29.0 Å². The van der Waals surface area contributed by atoms with Crippen molar-refractivity contribution in [2.24, 2.45) is 0 Å². The second-order valence-corrected chi connectivity index (χ2v) is 6.82. The Morgan fingerprint density at radius 3 is 2.47 bits per heavy atom. The largest absolute Gasteiger partial charge is 0.495 e. The Labute approximate surface area is 173 Å². The lowest BCUT2D eigenvalue weighted by atomic mass is 9.96. The second kappa shape index (κ2) is 8.13. The Bertz CT molecular complexity index is 1210. The fraction of sp³-hybridized carbons (Fsp3) is 0.0833. The van der Waals surface area contributed by atoms with Crippen LogP contribution in [0.3, 0.4) is 0 Å². The predicted molar refractivity (Wildman–Crippen MR) is 115 cm³/mol. The van der Waals surface area contributed by atoms with Crippen molar-refractivity contribution in [2.75, 3.05) is 12.4 Å². The molecule has 6 heteroatoms. The van der Waals surface area contributed by atoms with E-state index in [0.29, 0.717) is 27.9 Å². The first-order valence-corrected chi connectivity index (χ1v) is 9.41. The van der Waals surface area contributed by atoms with Crippen molar-refractivity contribution < 1.29 is 19.4 Å². The number of hydrogen-bond donors (Lipinski definition) is 3. The van der Waals surface area contributed by atoms with Crippen LogP contribution in [0.5, 0.6) is 5.75 Å². The van der Waals surface area contributed by atoms with Gasteiger partial charge in [-0.05, 0) is 29.8 Å². The summed E-state index contributed by atoms with van der Waals surface area (Å²) in [5.41, 5.74) is 2.76. The molecular formula is C24H20N2O4.